The normalized spacial score (nSPS) is 11.6. The zero-order valence-corrected chi connectivity index (χ0v) is 13.6. The number of hydrogen-bond donors (Lipinski definition) is 0. The summed E-state index contributed by atoms with van der Waals surface area (Å²) in [6, 6.07) is 6.73. The van der Waals surface area contributed by atoms with E-state index in [1.807, 2.05) is 25.7 Å². The molecule has 0 aliphatic carbocycles. The van der Waals surface area contributed by atoms with Crippen molar-refractivity contribution in [1.29, 1.82) is 0 Å². The minimum Gasteiger partial charge on any atom is -0.355 e. The molecule has 2 aromatic rings. The molecule has 0 N–H and O–H groups in total. The second-order valence-corrected chi connectivity index (χ2v) is 6.60. The van der Waals surface area contributed by atoms with Crippen molar-refractivity contribution < 1.29 is 8.42 Å². The van der Waals surface area contributed by atoms with Gasteiger partial charge in [0.05, 0.1) is 4.90 Å². The minimum absolute atomic E-state index is 0.214. The second-order valence-electron chi connectivity index (χ2n) is 4.83. The van der Waals surface area contributed by atoms with E-state index in [0.29, 0.717) is 24.6 Å². The van der Waals surface area contributed by atoms with Gasteiger partial charge < -0.3 is 4.90 Å². The Hall–Kier alpha value is -1.89. The van der Waals surface area contributed by atoms with Crippen LogP contribution in [0.25, 0.3) is 0 Å². The summed E-state index contributed by atoms with van der Waals surface area (Å²) in [6.07, 6.45) is 0. The van der Waals surface area contributed by atoms with Crippen molar-refractivity contribution in [2.24, 2.45) is 0 Å². The summed E-state index contributed by atoms with van der Waals surface area (Å²) in [4.78, 5) is 2.15. The van der Waals surface area contributed by atoms with E-state index >= 15 is 0 Å². The summed E-state index contributed by atoms with van der Waals surface area (Å²) >= 11 is 0. The van der Waals surface area contributed by atoms with Crippen LogP contribution in [0.2, 0.25) is 0 Å². The molecule has 1 aromatic heterocycles. The first-order chi connectivity index (χ1) is 9.91. The highest BCUT2D eigenvalue weighted by Crippen LogP contribution is 2.23. The molecular formula is C14H20N4O2S. The smallest absolute Gasteiger partial charge is 0.286 e. The van der Waals surface area contributed by atoms with E-state index < -0.39 is 10.0 Å². The van der Waals surface area contributed by atoms with Gasteiger partial charge in [-0.05, 0) is 45.0 Å². The van der Waals surface area contributed by atoms with Gasteiger partial charge in [-0.15, -0.1) is 9.19 Å². The molecule has 0 aliphatic rings. The quantitative estimate of drug-likeness (QED) is 0.845. The van der Waals surface area contributed by atoms with E-state index in [1.54, 1.807) is 31.2 Å². The molecule has 0 unspecified atom stereocenters. The van der Waals surface area contributed by atoms with E-state index in [0.717, 1.165) is 9.65 Å². The largest absolute Gasteiger partial charge is 0.355 e. The average molecular weight is 308 g/mol. The third-order valence-corrected chi connectivity index (χ3v) is 4.96. The molecule has 1 heterocycles. The van der Waals surface area contributed by atoms with Crippen molar-refractivity contribution in [2.75, 3.05) is 18.0 Å². The monoisotopic (exact) mass is 308 g/mol. The van der Waals surface area contributed by atoms with Crippen molar-refractivity contribution >= 4 is 15.8 Å². The summed E-state index contributed by atoms with van der Waals surface area (Å²) in [5.41, 5.74) is 1.61. The molecule has 7 heteroatoms. The molecule has 1 aromatic carbocycles. The predicted octanol–water partition coefficient (Wildman–Crippen LogP) is 1.98. The molecular weight excluding hydrogens is 288 g/mol. The fourth-order valence-electron chi connectivity index (χ4n) is 2.18. The molecule has 0 amide bonds. The zero-order valence-electron chi connectivity index (χ0n) is 12.7. The highest BCUT2D eigenvalue weighted by atomic mass is 32.2. The molecule has 21 heavy (non-hydrogen) atoms. The molecule has 114 valence electrons. The van der Waals surface area contributed by atoms with Crippen LogP contribution in [0.5, 0.6) is 0 Å². The van der Waals surface area contributed by atoms with Crippen LogP contribution in [0.4, 0.5) is 5.82 Å². The number of nitrogens with zero attached hydrogens (tertiary/aromatic N) is 4. The lowest BCUT2D eigenvalue weighted by Gasteiger charge is -2.21. The van der Waals surface area contributed by atoms with Gasteiger partial charge in [0, 0.05) is 13.1 Å². The number of aromatic nitrogens is 3. The van der Waals surface area contributed by atoms with Gasteiger partial charge in [-0.25, -0.2) is 0 Å². The first-order valence-corrected chi connectivity index (χ1v) is 8.35. The molecule has 0 saturated carbocycles. The molecule has 0 spiro atoms. The van der Waals surface area contributed by atoms with Gasteiger partial charge in [0.25, 0.3) is 10.0 Å². The van der Waals surface area contributed by atoms with E-state index in [-0.39, 0.29) is 4.90 Å². The Morgan fingerprint density at radius 3 is 2.19 bits per heavy atom. The van der Waals surface area contributed by atoms with Crippen LogP contribution in [0.3, 0.4) is 0 Å². The van der Waals surface area contributed by atoms with E-state index in [4.69, 9.17) is 0 Å². The Kier molecular flexibility index (Phi) is 4.32. The standard InChI is InChI=1S/C14H20N4O2S/c1-5-17(6-2)14-12(4)15-16-18(14)21(19,20)13-9-7-11(3)8-10-13/h7-10H,5-6H2,1-4H3. The van der Waals surface area contributed by atoms with Gasteiger partial charge in [-0.3, -0.25) is 0 Å². The first kappa shape index (κ1) is 15.5. The van der Waals surface area contributed by atoms with Crippen LogP contribution in [0, 0.1) is 13.8 Å². The van der Waals surface area contributed by atoms with Crippen LogP contribution < -0.4 is 4.90 Å². The molecule has 0 saturated heterocycles. The maximum Gasteiger partial charge on any atom is 0.286 e. The molecule has 0 atom stereocenters. The van der Waals surface area contributed by atoms with E-state index in [9.17, 15) is 8.42 Å². The van der Waals surface area contributed by atoms with Gasteiger partial charge in [-0.1, -0.05) is 17.7 Å². The maximum atomic E-state index is 12.7. The Morgan fingerprint density at radius 2 is 1.67 bits per heavy atom. The van der Waals surface area contributed by atoms with Crippen molar-refractivity contribution in [1.82, 2.24) is 14.4 Å². The number of benzene rings is 1. The number of rotatable bonds is 5. The number of aryl methyl sites for hydroxylation is 2. The number of anilines is 1. The summed E-state index contributed by atoms with van der Waals surface area (Å²) in [5, 5.41) is 7.77. The molecule has 6 nitrogen and oxygen atoms in total. The van der Waals surface area contributed by atoms with Crippen LogP contribution in [0.1, 0.15) is 25.1 Å². The maximum absolute atomic E-state index is 12.7. The van der Waals surface area contributed by atoms with Gasteiger partial charge in [0.1, 0.15) is 5.69 Å². The average Bonchev–Trinajstić information content (AvgIpc) is 2.84. The minimum atomic E-state index is -3.73. The SMILES string of the molecule is CCN(CC)c1c(C)nnn1S(=O)(=O)c1ccc(C)cc1. The lowest BCUT2D eigenvalue weighted by atomic mass is 10.2. The molecule has 0 radical (unpaired) electrons. The molecule has 0 fully saturated rings. The van der Waals surface area contributed by atoms with Crippen molar-refractivity contribution in [3.05, 3.63) is 35.5 Å². The summed E-state index contributed by atoms with van der Waals surface area (Å²) in [5.74, 6) is 0.528. The van der Waals surface area contributed by atoms with E-state index in [2.05, 4.69) is 10.3 Å². The van der Waals surface area contributed by atoms with Crippen LogP contribution >= 0.6 is 0 Å². The predicted molar refractivity (Wildman–Crippen MR) is 82.1 cm³/mol. The summed E-state index contributed by atoms with van der Waals surface area (Å²) < 4.78 is 26.5. The third-order valence-electron chi connectivity index (χ3n) is 3.39. The Bertz CT molecular complexity index is 716. The van der Waals surface area contributed by atoms with Crippen LogP contribution in [-0.2, 0) is 10.0 Å². The molecule has 0 aliphatic heterocycles. The van der Waals surface area contributed by atoms with Gasteiger partial charge in [0.2, 0.25) is 0 Å². The lowest BCUT2D eigenvalue weighted by Crippen LogP contribution is -2.28. The fourth-order valence-corrected chi connectivity index (χ4v) is 3.47. The molecule has 2 rings (SSSR count). The highest BCUT2D eigenvalue weighted by molar-refractivity contribution is 7.90. The molecule has 0 bridgehead atoms. The van der Waals surface area contributed by atoms with Crippen LogP contribution in [-0.4, -0.2) is 35.9 Å². The van der Waals surface area contributed by atoms with E-state index in [1.165, 1.54) is 0 Å². The second kappa shape index (κ2) is 5.85. The van der Waals surface area contributed by atoms with Crippen molar-refractivity contribution in [2.45, 2.75) is 32.6 Å². The Labute approximate surface area is 125 Å². The van der Waals surface area contributed by atoms with Gasteiger partial charge >= 0.3 is 0 Å². The first-order valence-electron chi connectivity index (χ1n) is 6.91. The Balaban J connectivity index is 2.58. The third kappa shape index (κ3) is 2.78. The summed E-state index contributed by atoms with van der Waals surface area (Å²) in [6.45, 7) is 9.00. The summed E-state index contributed by atoms with van der Waals surface area (Å²) in [7, 11) is -3.73. The zero-order chi connectivity index (χ0) is 15.6. The van der Waals surface area contributed by atoms with Crippen molar-refractivity contribution in [3.8, 4) is 0 Å². The Morgan fingerprint density at radius 1 is 1.10 bits per heavy atom. The van der Waals surface area contributed by atoms with Crippen molar-refractivity contribution in [3.63, 3.8) is 0 Å². The fraction of sp³-hybridized carbons (Fsp3) is 0.429. The van der Waals surface area contributed by atoms with Gasteiger partial charge in [0.15, 0.2) is 5.82 Å². The number of hydrogen-bond acceptors (Lipinski definition) is 5. The highest BCUT2D eigenvalue weighted by Gasteiger charge is 2.26. The van der Waals surface area contributed by atoms with Crippen LogP contribution in [0.15, 0.2) is 29.2 Å². The topological polar surface area (TPSA) is 68.1 Å². The lowest BCUT2D eigenvalue weighted by molar-refractivity contribution is 0.576. The van der Waals surface area contributed by atoms with Gasteiger partial charge in [-0.2, -0.15) is 8.42 Å².